The molecule has 1 aromatic rings. The van der Waals surface area contributed by atoms with Crippen molar-refractivity contribution in [1.29, 1.82) is 0 Å². The van der Waals surface area contributed by atoms with Gasteiger partial charge in [0, 0.05) is 31.0 Å². The summed E-state index contributed by atoms with van der Waals surface area (Å²) in [6.07, 6.45) is 0.137. The number of nitrogens with zero attached hydrogens (tertiary/aromatic N) is 1. The van der Waals surface area contributed by atoms with Crippen molar-refractivity contribution in [3.8, 4) is 0 Å². The van der Waals surface area contributed by atoms with E-state index in [1.54, 1.807) is 0 Å². The molecule has 2 N–H and O–H groups in total. The summed E-state index contributed by atoms with van der Waals surface area (Å²) in [4.78, 5) is 12.6. The van der Waals surface area contributed by atoms with Gasteiger partial charge in [0.05, 0.1) is 6.42 Å². The zero-order chi connectivity index (χ0) is 12.7. The summed E-state index contributed by atoms with van der Waals surface area (Å²) >= 11 is 0. The fraction of sp³-hybridized carbons (Fsp3) is 0.462. The molecule has 94 valence electrons. The minimum absolute atomic E-state index is 0.137. The fourth-order valence-electron chi connectivity index (χ4n) is 1.69. The van der Waals surface area contributed by atoms with Crippen molar-refractivity contribution >= 4 is 17.3 Å². The molecule has 17 heavy (non-hydrogen) atoms. The predicted octanol–water partition coefficient (Wildman–Crippen LogP) is 2.42. The number of hydrogen-bond donors (Lipinski definition) is 2. The summed E-state index contributed by atoms with van der Waals surface area (Å²) < 4.78 is 0. The number of rotatable bonds is 7. The largest absolute Gasteiger partial charge is 0.481 e. The first-order valence-corrected chi connectivity index (χ1v) is 5.98. The lowest BCUT2D eigenvalue weighted by Gasteiger charge is -2.21. The van der Waals surface area contributed by atoms with Gasteiger partial charge in [-0.25, -0.2) is 0 Å². The Kier molecular flexibility index (Phi) is 5.33. The van der Waals surface area contributed by atoms with Crippen LogP contribution in [0.15, 0.2) is 24.3 Å². The normalized spacial score (nSPS) is 10.0. The molecule has 0 atom stereocenters. The highest BCUT2D eigenvalue weighted by Crippen LogP contribution is 2.17. The Morgan fingerprint density at radius 3 is 2.29 bits per heavy atom. The maximum Gasteiger partial charge on any atom is 0.305 e. The van der Waals surface area contributed by atoms with Crippen molar-refractivity contribution in [3.05, 3.63) is 24.3 Å². The molecule has 0 amide bonds. The first-order chi connectivity index (χ1) is 8.17. The van der Waals surface area contributed by atoms with Crippen LogP contribution in [-0.4, -0.2) is 30.7 Å². The molecule has 0 spiro atoms. The number of carbonyl (C=O) groups is 1. The summed E-state index contributed by atoms with van der Waals surface area (Å²) in [7, 11) is 0. The fourth-order valence-corrected chi connectivity index (χ4v) is 1.69. The average molecular weight is 236 g/mol. The van der Waals surface area contributed by atoms with E-state index in [0.29, 0.717) is 6.54 Å². The second-order valence-corrected chi connectivity index (χ2v) is 3.79. The Morgan fingerprint density at radius 2 is 1.82 bits per heavy atom. The number of nitrogens with one attached hydrogen (secondary N) is 1. The molecule has 4 nitrogen and oxygen atoms in total. The van der Waals surface area contributed by atoms with Gasteiger partial charge < -0.3 is 15.3 Å². The number of anilines is 2. The predicted molar refractivity (Wildman–Crippen MR) is 70.7 cm³/mol. The van der Waals surface area contributed by atoms with Crippen molar-refractivity contribution in [2.24, 2.45) is 0 Å². The minimum Gasteiger partial charge on any atom is -0.481 e. The highest BCUT2D eigenvalue weighted by atomic mass is 16.4. The maximum atomic E-state index is 10.4. The van der Waals surface area contributed by atoms with E-state index in [1.807, 2.05) is 12.1 Å². The van der Waals surface area contributed by atoms with Crippen molar-refractivity contribution in [2.45, 2.75) is 20.3 Å². The summed E-state index contributed by atoms with van der Waals surface area (Å²) in [5.41, 5.74) is 2.15. The molecular formula is C13H20N2O2. The number of aliphatic carboxylic acids is 1. The zero-order valence-corrected chi connectivity index (χ0v) is 10.4. The summed E-state index contributed by atoms with van der Waals surface area (Å²) in [6, 6.07) is 8.07. The number of carboxylic acid groups (broad SMARTS) is 1. The molecule has 0 saturated carbocycles. The minimum atomic E-state index is -0.780. The van der Waals surface area contributed by atoms with Crippen LogP contribution in [0.2, 0.25) is 0 Å². The van der Waals surface area contributed by atoms with E-state index in [2.05, 4.69) is 36.2 Å². The van der Waals surface area contributed by atoms with E-state index in [9.17, 15) is 4.79 Å². The Labute approximate surface area is 102 Å². The van der Waals surface area contributed by atoms with Crippen LogP contribution in [0.3, 0.4) is 0 Å². The third kappa shape index (κ3) is 4.34. The Balaban J connectivity index is 2.52. The van der Waals surface area contributed by atoms with Crippen LogP contribution in [0.4, 0.5) is 11.4 Å². The SMILES string of the molecule is CCN(CC)c1ccc(NCCC(=O)O)cc1. The van der Waals surface area contributed by atoms with Crippen molar-refractivity contribution in [1.82, 2.24) is 0 Å². The highest BCUT2D eigenvalue weighted by molar-refractivity contribution is 5.67. The lowest BCUT2D eigenvalue weighted by molar-refractivity contribution is -0.136. The van der Waals surface area contributed by atoms with Gasteiger partial charge in [0.1, 0.15) is 0 Å². The van der Waals surface area contributed by atoms with Crippen LogP contribution in [0, 0.1) is 0 Å². The van der Waals surface area contributed by atoms with E-state index < -0.39 is 5.97 Å². The molecule has 1 rings (SSSR count). The van der Waals surface area contributed by atoms with Gasteiger partial charge in [-0.3, -0.25) is 4.79 Å². The molecule has 0 aliphatic heterocycles. The van der Waals surface area contributed by atoms with Crippen LogP contribution < -0.4 is 10.2 Å². The standard InChI is InChI=1S/C13H20N2O2/c1-3-15(4-2)12-7-5-11(6-8-12)14-10-9-13(16)17/h5-8,14H,3-4,9-10H2,1-2H3,(H,16,17). The number of hydrogen-bond acceptors (Lipinski definition) is 3. The molecule has 0 unspecified atom stereocenters. The lowest BCUT2D eigenvalue weighted by atomic mass is 10.2. The maximum absolute atomic E-state index is 10.4. The van der Waals surface area contributed by atoms with Gasteiger partial charge in [-0.1, -0.05) is 0 Å². The van der Waals surface area contributed by atoms with E-state index in [4.69, 9.17) is 5.11 Å². The van der Waals surface area contributed by atoms with Crippen LogP contribution in [0.25, 0.3) is 0 Å². The van der Waals surface area contributed by atoms with E-state index in [-0.39, 0.29) is 6.42 Å². The second kappa shape index (κ2) is 6.78. The van der Waals surface area contributed by atoms with Gasteiger partial charge in [0.15, 0.2) is 0 Å². The molecule has 0 aliphatic carbocycles. The lowest BCUT2D eigenvalue weighted by Crippen LogP contribution is -2.21. The number of carboxylic acids is 1. The van der Waals surface area contributed by atoms with Gasteiger partial charge in [0.2, 0.25) is 0 Å². The van der Waals surface area contributed by atoms with Gasteiger partial charge in [-0.05, 0) is 38.1 Å². The molecule has 0 bridgehead atoms. The van der Waals surface area contributed by atoms with Crippen LogP contribution in [0.5, 0.6) is 0 Å². The van der Waals surface area contributed by atoms with Crippen LogP contribution in [-0.2, 0) is 4.79 Å². The Hall–Kier alpha value is -1.71. The van der Waals surface area contributed by atoms with Gasteiger partial charge in [-0.15, -0.1) is 0 Å². The van der Waals surface area contributed by atoms with E-state index >= 15 is 0 Å². The van der Waals surface area contributed by atoms with Crippen molar-refractivity contribution in [2.75, 3.05) is 29.9 Å². The Bertz CT molecular complexity index is 345. The summed E-state index contributed by atoms with van der Waals surface area (Å²) in [5.74, 6) is -0.780. The number of benzene rings is 1. The smallest absolute Gasteiger partial charge is 0.305 e. The Morgan fingerprint density at radius 1 is 1.24 bits per heavy atom. The average Bonchev–Trinajstić information content (AvgIpc) is 2.32. The molecule has 1 aromatic carbocycles. The quantitative estimate of drug-likeness (QED) is 0.763. The topological polar surface area (TPSA) is 52.6 Å². The third-order valence-corrected chi connectivity index (χ3v) is 2.66. The van der Waals surface area contributed by atoms with Crippen LogP contribution >= 0.6 is 0 Å². The first-order valence-electron chi connectivity index (χ1n) is 5.98. The van der Waals surface area contributed by atoms with Gasteiger partial charge >= 0.3 is 5.97 Å². The molecule has 0 saturated heterocycles. The van der Waals surface area contributed by atoms with Gasteiger partial charge in [-0.2, -0.15) is 0 Å². The monoisotopic (exact) mass is 236 g/mol. The van der Waals surface area contributed by atoms with Crippen molar-refractivity contribution < 1.29 is 9.90 Å². The first kappa shape index (κ1) is 13.4. The van der Waals surface area contributed by atoms with E-state index in [1.165, 1.54) is 5.69 Å². The van der Waals surface area contributed by atoms with E-state index in [0.717, 1.165) is 18.8 Å². The zero-order valence-electron chi connectivity index (χ0n) is 10.4. The van der Waals surface area contributed by atoms with Crippen LogP contribution in [0.1, 0.15) is 20.3 Å². The van der Waals surface area contributed by atoms with Gasteiger partial charge in [0.25, 0.3) is 0 Å². The molecule has 0 fully saturated rings. The molecule has 4 heteroatoms. The highest BCUT2D eigenvalue weighted by Gasteiger charge is 2.01. The molecular weight excluding hydrogens is 216 g/mol. The molecule has 0 radical (unpaired) electrons. The summed E-state index contributed by atoms with van der Waals surface area (Å²) in [5, 5.41) is 11.6. The van der Waals surface area contributed by atoms with Crippen molar-refractivity contribution in [3.63, 3.8) is 0 Å². The molecule has 0 aliphatic rings. The molecule has 0 aromatic heterocycles. The second-order valence-electron chi connectivity index (χ2n) is 3.79. The third-order valence-electron chi connectivity index (χ3n) is 2.66. The summed E-state index contributed by atoms with van der Waals surface area (Å²) in [6.45, 7) is 6.69. The molecule has 0 heterocycles.